The third-order valence-electron chi connectivity index (χ3n) is 2.78. The normalized spacial score (nSPS) is 19.4. The maximum atomic E-state index is 9.13. The lowest BCUT2D eigenvalue weighted by molar-refractivity contribution is 0.0322. The molecule has 2 atom stereocenters. The van der Waals surface area contributed by atoms with Crippen molar-refractivity contribution in [2.45, 2.75) is 27.2 Å². The summed E-state index contributed by atoms with van der Waals surface area (Å²) in [4.78, 5) is 0. The van der Waals surface area contributed by atoms with Gasteiger partial charge in [0.05, 0.1) is 0 Å². The summed E-state index contributed by atoms with van der Waals surface area (Å²) in [6.45, 7) is 7.28. The summed E-state index contributed by atoms with van der Waals surface area (Å²) in [6, 6.07) is 0. The summed E-state index contributed by atoms with van der Waals surface area (Å²) in [5.74, 6) is 0.419. The van der Waals surface area contributed by atoms with E-state index in [1.165, 1.54) is 0 Å². The Morgan fingerprint density at radius 2 is 2.09 bits per heavy atom. The molecule has 0 aromatic rings. The average Bonchev–Trinajstić information content (AvgIpc) is 2.03. The van der Waals surface area contributed by atoms with Crippen molar-refractivity contribution in [2.24, 2.45) is 11.3 Å². The molecule has 1 N–H and O–H groups in total. The van der Waals surface area contributed by atoms with Gasteiger partial charge in [0.1, 0.15) is 0 Å². The van der Waals surface area contributed by atoms with Crippen LogP contribution in [0.15, 0.2) is 0 Å². The van der Waals surface area contributed by atoms with Crippen molar-refractivity contribution in [3.63, 3.8) is 0 Å². The molecule has 0 fully saturated rings. The van der Waals surface area contributed by atoms with Crippen LogP contribution in [0.4, 0.5) is 0 Å². The third-order valence-corrected chi connectivity index (χ3v) is 2.78. The number of hydrogen-bond donors (Lipinski definition) is 1. The van der Waals surface area contributed by atoms with Gasteiger partial charge in [0, 0.05) is 20.3 Å². The Bertz CT molecular complexity index is 97.7. The van der Waals surface area contributed by atoms with Gasteiger partial charge in [-0.1, -0.05) is 20.8 Å². The van der Waals surface area contributed by atoms with Gasteiger partial charge in [0.2, 0.25) is 0 Å². The van der Waals surface area contributed by atoms with Crippen molar-refractivity contribution in [3.8, 4) is 0 Å². The van der Waals surface area contributed by atoms with Crippen molar-refractivity contribution in [3.05, 3.63) is 0 Å². The Morgan fingerprint density at radius 3 is 2.36 bits per heavy atom. The van der Waals surface area contributed by atoms with Gasteiger partial charge in [0.15, 0.2) is 0 Å². The monoisotopic (exact) mass is 160 g/mol. The van der Waals surface area contributed by atoms with Gasteiger partial charge in [-0.05, 0) is 17.8 Å². The quantitative estimate of drug-likeness (QED) is 0.663. The highest BCUT2D eigenvalue weighted by molar-refractivity contribution is 4.77. The summed E-state index contributed by atoms with van der Waals surface area (Å²) in [5, 5.41) is 9.13. The summed E-state index contributed by atoms with van der Waals surface area (Å²) in [5.41, 5.74) is 0.0238. The molecule has 0 bridgehead atoms. The SMILES string of the molecule is CCC(C)(CO)C(C)COC. The van der Waals surface area contributed by atoms with E-state index in [-0.39, 0.29) is 12.0 Å². The highest BCUT2D eigenvalue weighted by atomic mass is 16.5. The molecule has 0 aliphatic rings. The first-order valence-electron chi connectivity index (χ1n) is 4.20. The zero-order valence-corrected chi connectivity index (χ0v) is 8.05. The molecule has 2 nitrogen and oxygen atoms in total. The van der Waals surface area contributed by atoms with E-state index in [1.807, 2.05) is 0 Å². The highest BCUT2D eigenvalue weighted by Crippen LogP contribution is 2.30. The summed E-state index contributed by atoms with van der Waals surface area (Å²) in [7, 11) is 1.70. The molecule has 0 aliphatic heterocycles. The van der Waals surface area contributed by atoms with Gasteiger partial charge in [-0.3, -0.25) is 0 Å². The van der Waals surface area contributed by atoms with Crippen LogP contribution >= 0.6 is 0 Å². The topological polar surface area (TPSA) is 29.5 Å². The Balaban J connectivity index is 4.00. The molecule has 0 amide bonds. The lowest BCUT2D eigenvalue weighted by Crippen LogP contribution is -2.31. The van der Waals surface area contributed by atoms with Crippen LogP contribution in [0, 0.1) is 11.3 Å². The Hall–Kier alpha value is -0.0800. The van der Waals surface area contributed by atoms with Crippen LogP contribution in [-0.4, -0.2) is 25.4 Å². The first-order chi connectivity index (χ1) is 5.10. The van der Waals surface area contributed by atoms with Crippen LogP contribution in [0.1, 0.15) is 27.2 Å². The second-order valence-electron chi connectivity index (χ2n) is 3.52. The van der Waals surface area contributed by atoms with E-state index in [9.17, 15) is 0 Å². The number of methoxy groups -OCH3 is 1. The fourth-order valence-electron chi connectivity index (χ4n) is 1.07. The third kappa shape index (κ3) is 2.80. The highest BCUT2D eigenvalue weighted by Gasteiger charge is 2.28. The van der Waals surface area contributed by atoms with Gasteiger partial charge >= 0.3 is 0 Å². The van der Waals surface area contributed by atoms with Gasteiger partial charge in [-0.25, -0.2) is 0 Å². The number of rotatable bonds is 5. The van der Waals surface area contributed by atoms with Crippen LogP contribution in [0.2, 0.25) is 0 Å². The van der Waals surface area contributed by atoms with Crippen LogP contribution in [0.25, 0.3) is 0 Å². The van der Waals surface area contributed by atoms with Crippen molar-refractivity contribution in [1.82, 2.24) is 0 Å². The molecule has 0 rings (SSSR count). The van der Waals surface area contributed by atoms with Crippen LogP contribution < -0.4 is 0 Å². The number of ether oxygens (including phenoxy) is 1. The van der Waals surface area contributed by atoms with Gasteiger partial charge in [-0.2, -0.15) is 0 Å². The standard InChI is InChI=1S/C9H20O2/c1-5-9(3,7-10)8(2)6-11-4/h8,10H,5-7H2,1-4H3. The van der Waals surface area contributed by atoms with Crippen LogP contribution in [0.5, 0.6) is 0 Å². The van der Waals surface area contributed by atoms with E-state index in [2.05, 4.69) is 20.8 Å². The summed E-state index contributed by atoms with van der Waals surface area (Å²) < 4.78 is 5.04. The zero-order valence-electron chi connectivity index (χ0n) is 8.05. The largest absolute Gasteiger partial charge is 0.396 e. The summed E-state index contributed by atoms with van der Waals surface area (Å²) in [6.07, 6.45) is 0.994. The predicted molar refractivity (Wildman–Crippen MR) is 46.5 cm³/mol. The number of aliphatic hydroxyl groups is 1. The van der Waals surface area contributed by atoms with E-state index < -0.39 is 0 Å². The van der Waals surface area contributed by atoms with E-state index >= 15 is 0 Å². The minimum Gasteiger partial charge on any atom is -0.396 e. The maximum absolute atomic E-state index is 9.13. The Labute approximate surface area is 69.6 Å². The number of hydrogen-bond acceptors (Lipinski definition) is 2. The molecule has 2 unspecified atom stereocenters. The second kappa shape index (κ2) is 4.73. The molecule has 0 radical (unpaired) electrons. The molecular weight excluding hydrogens is 140 g/mol. The Kier molecular flexibility index (Phi) is 4.69. The zero-order chi connectivity index (χ0) is 8.91. The van der Waals surface area contributed by atoms with Gasteiger partial charge < -0.3 is 9.84 Å². The number of aliphatic hydroxyl groups excluding tert-OH is 1. The second-order valence-corrected chi connectivity index (χ2v) is 3.52. The lowest BCUT2D eigenvalue weighted by Gasteiger charge is -2.32. The van der Waals surface area contributed by atoms with Crippen molar-refractivity contribution in [2.75, 3.05) is 20.3 Å². The van der Waals surface area contributed by atoms with E-state index in [0.29, 0.717) is 5.92 Å². The molecule has 0 spiro atoms. The molecule has 11 heavy (non-hydrogen) atoms. The smallest absolute Gasteiger partial charge is 0.0493 e. The molecule has 0 aromatic carbocycles. The maximum Gasteiger partial charge on any atom is 0.0493 e. The average molecular weight is 160 g/mol. The molecular formula is C9H20O2. The van der Waals surface area contributed by atoms with Crippen LogP contribution in [0.3, 0.4) is 0 Å². The first-order valence-corrected chi connectivity index (χ1v) is 4.20. The summed E-state index contributed by atoms with van der Waals surface area (Å²) >= 11 is 0. The van der Waals surface area contributed by atoms with E-state index in [1.54, 1.807) is 7.11 Å². The van der Waals surface area contributed by atoms with Crippen molar-refractivity contribution < 1.29 is 9.84 Å². The lowest BCUT2D eigenvalue weighted by atomic mass is 9.77. The fraction of sp³-hybridized carbons (Fsp3) is 1.00. The molecule has 2 heteroatoms. The minimum atomic E-state index is 0.0238. The van der Waals surface area contributed by atoms with E-state index in [4.69, 9.17) is 9.84 Å². The van der Waals surface area contributed by atoms with Gasteiger partial charge in [0.25, 0.3) is 0 Å². The Morgan fingerprint density at radius 1 is 1.55 bits per heavy atom. The van der Waals surface area contributed by atoms with E-state index in [0.717, 1.165) is 13.0 Å². The molecule has 0 heterocycles. The first kappa shape index (κ1) is 10.9. The molecule has 0 aromatic heterocycles. The molecule has 0 saturated heterocycles. The predicted octanol–water partition coefficient (Wildman–Crippen LogP) is 1.68. The van der Waals surface area contributed by atoms with Crippen LogP contribution in [-0.2, 0) is 4.74 Å². The minimum absolute atomic E-state index is 0.0238. The van der Waals surface area contributed by atoms with Crippen molar-refractivity contribution >= 4 is 0 Å². The molecule has 0 saturated carbocycles. The molecule has 68 valence electrons. The van der Waals surface area contributed by atoms with Crippen molar-refractivity contribution in [1.29, 1.82) is 0 Å². The van der Waals surface area contributed by atoms with Gasteiger partial charge in [-0.15, -0.1) is 0 Å². The molecule has 0 aliphatic carbocycles. The fourth-order valence-corrected chi connectivity index (χ4v) is 1.07.